The predicted molar refractivity (Wildman–Crippen MR) is 65.3 cm³/mol. The summed E-state index contributed by atoms with van der Waals surface area (Å²) in [6, 6.07) is 10.6. The minimum absolute atomic E-state index is 0.119. The van der Waals surface area contributed by atoms with Crippen LogP contribution in [-0.4, -0.2) is 10.7 Å². The Kier molecular flexibility index (Phi) is 2.16. The van der Waals surface area contributed by atoms with Crippen LogP contribution < -0.4 is 0 Å². The molecular weight excluding hydrogens is 196 g/mol. The Bertz CT molecular complexity index is 380. The number of rotatable bonds is 4. The van der Waals surface area contributed by atoms with Gasteiger partial charge in [-0.2, -0.15) is 0 Å². The van der Waals surface area contributed by atoms with E-state index in [0.717, 1.165) is 6.42 Å². The average Bonchev–Trinajstić information content (AvgIpc) is 3.18. The largest absolute Gasteiger partial charge is 0.389 e. The number of benzene rings is 1. The van der Waals surface area contributed by atoms with Gasteiger partial charge in [0.05, 0.1) is 5.60 Å². The summed E-state index contributed by atoms with van der Waals surface area (Å²) in [5.74, 6) is 0.556. The van der Waals surface area contributed by atoms with E-state index in [1.54, 1.807) is 0 Å². The van der Waals surface area contributed by atoms with Gasteiger partial charge in [-0.25, -0.2) is 0 Å². The van der Waals surface area contributed by atoms with Gasteiger partial charge < -0.3 is 5.11 Å². The molecule has 0 aliphatic heterocycles. The highest BCUT2D eigenvalue weighted by atomic mass is 16.3. The summed E-state index contributed by atoms with van der Waals surface area (Å²) in [6.45, 7) is 2.21. The van der Waals surface area contributed by atoms with Crippen molar-refractivity contribution in [2.24, 2.45) is 5.92 Å². The molecule has 1 nitrogen and oxygen atoms in total. The molecule has 2 atom stereocenters. The zero-order valence-electron chi connectivity index (χ0n) is 9.95. The number of hydrogen-bond donors (Lipinski definition) is 1. The van der Waals surface area contributed by atoms with Crippen molar-refractivity contribution in [2.75, 3.05) is 0 Å². The molecule has 0 radical (unpaired) electrons. The van der Waals surface area contributed by atoms with E-state index in [9.17, 15) is 5.11 Å². The third kappa shape index (κ3) is 1.27. The van der Waals surface area contributed by atoms with Gasteiger partial charge in [0.25, 0.3) is 0 Å². The van der Waals surface area contributed by atoms with E-state index in [-0.39, 0.29) is 11.0 Å². The Balaban J connectivity index is 1.85. The number of aliphatic hydroxyl groups is 1. The van der Waals surface area contributed by atoms with Crippen LogP contribution in [0.1, 0.15) is 44.6 Å². The second-order valence-corrected chi connectivity index (χ2v) is 5.56. The van der Waals surface area contributed by atoms with Gasteiger partial charge in [-0.15, -0.1) is 0 Å². The quantitative estimate of drug-likeness (QED) is 0.819. The summed E-state index contributed by atoms with van der Waals surface area (Å²) >= 11 is 0. The van der Waals surface area contributed by atoms with Crippen molar-refractivity contribution in [1.29, 1.82) is 0 Å². The van der Waals surface area contributed by atoms with Gasteiger partial charge in [-0.3, -0.25) is 0 Å². The third-order valence-corrected chi connectivity index (χ3v) is 4.62. The molecule has 0 saturated heterocycles. The normalized spacial score (nSPS) is 34.8. The Morgan fingerprint density at radius 3 is 2.50 bits per heavy atom. The molecule has 0 spiro atoms. The van der Waals surface area contributed by atoms with Gasteiger partial charge in [0.1, 0.15) is 0 Å². The summed E-state index contributed by atoms with van der Waals surface area (Å²) in [5.41, 5.74) is 1.11. The van der Waals surface area contributed by atoms with Crippen molar-refractivity contribution in [3.63, 3.8) is 0 Å². The zero-order valence-corrected chi connectivity index (χ0v) is 9.95. The lowest BCUT2D eigenvalue weighted by molar-refractivity contribution is 0.0856. The highest BCUT2D eigenvalue weighted by Crippen LogP contribution is 2.68. The Labute approximate surface area is 97.5 Å². The molecule has 0 heterocycles. The van der Waals surface area contributed by atoms with Crippen LogP contribution in [0.5, 0.6) is 0 Å². The fourth-order valence-corrected chi connectivity index (χ4v) is 3.45. The molecule has 2 unspecified atom stereocenters. The lowest BCUT2D eigenvalue weighted by Crippen LogP contribution is -2.30. The topological polar surface area (TPSA) is 20.2 Å². The standard InChI is InChI=1S/C15H20O/c1-2-6-13-11-15(13,16)14(9-10-14)12-7-4-3-5-8-12/h3-5,7-8,13,16H,2,6,9-11H2,1H3. The van der Waals surface area contributed by atoms with E-state index in [1.807, 2.05) is 0 Å². The van der Waals surface area contributed by atoms with Gasteiger partial charge in [0, 0.05) is 5.41 Å². The van der Waals surface area contributed by atoms with Gasteiger partial charge in [0.15, 0.2) is 0 Å². The van der Waals surface area contributed by atoms with Gasteiger partial charge >= 0.3 is 0 Å². The van der Waals surface area contributed by atoms with E-state index in [0.29, 0.717) is 5.92 Å². The van der Waals surface area contributed by atoms with Gasteiger partial charge in [0.2, 0.25) is 0 Å². The van der Waals surface area contributed by atoms with Crippen LogP contribution in [0.4, 0.5) is 0 Å². The lowest BCUT2D eigenvalue weighted by Gasteiger charge is -2.24. The first-order chi connectivity index (χ1) is 7.73. The van der Waals surface area contributed by atoms with Gasteiger partial charge in [-0.1, -0.05) is 43.7 Å². The fourth-order valence-electron chi connectivity index (χ4n) is 3.45. The smallest absolute Gasteiger partial charge is 0.0776 e. The van der Waals surface area contributed by atoms with Crippen molar-refractivity contribution in [1.82, 2.24) is 0 Å². The molecule has 1 aromatic carbocycles. The second kappa shape index (κ2) is 3.33. The van der Waals surface area contributed by atoms with Crippen LogP contribution in [0.25, 0.3) is 0 Å². The average molecular weight is 216 g/mol. The molecule has 2 fully saturated rings. The molecule has 3 rings (SSSR count). The highest BCUT2D eigenvalue weighted by molar-refractivity contribution is 5.40. The van der Waals surface area contributed by atoms with Crippen molar-refractivity contribution >= 4 is 0 Å². The number of hydrogen-bond acceptors (Lipinski definition) is 1. The maximum absolute atomic E-state index is 10.8. The molecule has 86 valence electrons. The Morgan fingerprint density at radius 2 is 1.94 bits per heavy atom. The summed E-state index contributed by atoms with van der Waals surface area (Å²) in [5, 5.41) is 10.8. The first-order valence-electron chi connectivity index (χ1n) is 6.51. The SMILES string of the molecule is CCCC1CC1(O)C1(c2ccccc2)CC1. The molecule has 0 amide bonds. The van der Waals surface area contributed by atoms with Crippen LogP contribution in [0.3, 0.4) is 0 Å². The lowest BCUT2D eigenvalue weighted by atomic mass is 9.86. The monoisotopic (exact) mass is 216 g/mol. The summed E-state index contributed by atoms with van der Waals surface area (Å²) in [4.78, 5) is 0. The van der Waals surface area contributed by atoms with E-state index in [4.69, 9.17) is 0 Å². The summed E-state index contributed by atoms with van der Waals surface area (Å²) in [7, 11) is 0. The van der Waals surface area contributed by atoms with Crippen molar-refractivity contribution in [3.05, 3.63) is 35.9 Å². The molecule has 1 heteroatoms. The van der Waals surface area contributed by atoms with Crippen LogP contribution in [-0.2, 0) is 5.41 Å². The molecule has 0 aromatic heterocycles. The molecule has 1 aromatic rings. The predicted octanol–water partition coefficient (Wildman–Crippen LogP) is 3.27. The zero-order chi connectivity index (χ0) is 11.2. The van der Waals surface area contributed by atoms with Crippen molar-refractivity contribution in [3.8, 4) is 0 Å². The van der Waals surface area contributed by atoms with Crippen LogP contribution in [0, 0.1) is 5.92 Å². The van der Waals surface area contributed by atoms with Crippen LogP contribution in [0.15, 0.2) is 30.3 Å². The maximum atomic E-state index is 10.8. The Morgan fingerprint density at radius 1 is 1.25 bits per heavy atom. The van der Waals surface area contributed by atoms with Gasteiger partial charge in [-0.05, 0) is 37.2 Å². The summed E-state index contributed by atoms with van der Waals surface area (Å²) < 4.78 is 0. The first-order valence-corrected chi connectivity index (χ1v) is 6.51. The van der Waals surface area contributed by atoms with E-state index in [1.165, 1.54) is 31.2 Å². The van der Waals surface area contributed by atoms with Crippen LogP contribution in [0.2, 0.25) is 0 Å². The molecule has 1 N–H and O–H groups in total. The molecule has 2 aliphatic carbocycles. The summed E-state index contributed by atoms with van der Waals surface area (Å²) in [6.07, 6.45) is 5.75. The minimum atomic E-state index is -0.371. The van der Waals surface area contributed by atoms with E-state index >= 15 is 0 Å². The van der Waals surface area contributed by atoms with Crippen molar-refractivity contribution in [2.45, 2.75) is 50.0 Å². The van der Waals surface area contributed by atoms with Crippen molar-refractivity contribution < 1.29 is 5.11 Å². The third-order valence-electron chi connectivity index (χ3n) is 4.62. The maximum Gasteiger partial charge on any atom is 0.0776 e. The second-order valence-electron chi connectivity index (χ2n) is 5.56. The molecule has 0 bridgehead atoms. The molecule has 2 saturated carbocycles. The molecular formula is C15H20O. The minimum Gasteiger partial charge on any atom is -0.389 e. The molecule has 2 aliphatic rings. The highest BCUT2D eigenvalue weighted by Gasteiger charge is 2.70. The fraction of sp³-hybridized carbons (Fsp3) is 0.600. The van der Waals surface area contributed by atoms with E-state index < -0.39 is 0 Å². The molecule has 16 heavy (non-hydrogen) atoms. The van der Waals surface area contributed by atoms with Crippen LogP contribution >= 0.6 is 0 Å². The first kappa shape index (κ1) is 10.3. The van der Waals surface area contributed by atoms with E-state index in [2.05, 4.69) is 37.3 Å². The Hall–Kier alpha value is -0.820.